The number of halogens is 1. The van der Waals surface area contributed by atoms with Gasteiger partial charge in [-0.15, -0.1) is 0 Å². The van der Waals surface area contributed by atoms with Crippen LogP contribution in [0.5, 0.6) is 11.5 Å². The molecule has 5 heteroatoms. The Bertz CT molecular complexity index is 1270. The Labute approximate surface area is 231 Å². The van der Waals surface area contributed by atoms with Crippen molar-refractivity contribution in [3.63, 3.8) is 0 Å². The van der Waals surface area contributed by atoms with E-state index in [0.717, 1.165) is 41.7 Å². The van der Waals surface area contributed by atoms with Crippen molar-refractivity contribution < 1.29 is 23.8 Å². The van der Waals surface area contributed by atoms with Gasteiger partial charge >= 0.3 is 5.97 Å². The smallest absolute Gasteiger partial charge is 0.303 e. The average molecular weight is 531 g/mol. The van der Waals surface area contributed by atoms with Gasteiger partial charge < -0.3 is 14.6 Å². The van der Waals surface area contributed by atoms with Crippen LogP contribution in [0.3, 0.4) is 0 Å². The monoisotopic (exact) mass is 530 g/mol. The van der Waals surface area contributed by atoms with Crippen molar-refractivity contribution >= 4 is 5.97 Å². The van der Waals surface area contributed by atoms with Gasteiger partial charge in [0.25, 0.3) is 0 Å². The number of hydrogen-bond donors (Lipinski definition) is 1. The first-order chi connectivity index (χ1) is 19.0. The lowest BCUT2D eigenvalue weighted by molar-refractivity contribution is -0.137. The molecule has 2 aliphatic carbocycles. The number of methoxy groups -OCH3 is 1. The highest BCUT2D eigenvalue weighted by molar-refractivity contribution is 5.71. The molecule has 0 bridgehead atoms. The Morgan fingerprint density at radius 2 is 1.72 bits per heavy atom. The second-order valence-electron chi connectivity index (χ2n) is 11.3. The van der Waals surface area contributed by atoms with E-state index in [9.17, 15) is 9.90 Å². The standard InChI is InChI=1S/C34H39FO4/c1-38-28-14-16-33(35)32(21-28)30-15-13-24(18-31(30)25-7-4-2-3-5-8-25)22-39-29-10-6-9-26(19-29)27(20-34(36)37)17-23-11-12-23/h6,9-10,13-16,18-19,21,23,25,27H,2-5,7-8,11-12,17,20,22H2,1H3,(H,36,37)/t27-/m1/s1. The molecule has 0 amide bonds. The average Bonchev–Trinajstić information content (AvgIpc) is 3.79. The maximum Gasteiger partial charge on any atom is 0.303 e. The summed E-state index contributed by atoms with van der Waals surface area (Å²) in [7, 11) is 1.61. The molecule has 2 saturated carbocycles. The predicted octanol–water partition coefficient (Wildman–Crippen LogP) is 8.88. The molecule has 206 valence electrons. The lowest BCUT2D eigenvalue weighted by Gasteiger charge is -2.21. The predicted molar refractivity (Wildman–Crippen MR) is 152 cm³/mol. The quantitative estimate of drug-likeness (QED) is 0.252. The Kier molecular flexibility index (Phi) is 8.85. The molecule has 39 heavy (non-hydrogen) atoms. The van der Waals surface area contributed by atoms with E-state index in [0.29, 0.717) is 29.8 Å². The van der Waals surface area contributed by atoms with Gasteiger partial charge in [-0.05, 0) is 89.6 Å². The number of ether oxygens (including phenoxy) is 2. The maximum atomic E-state index is 15.0. The molecule has 3 aromatic rings. The Balaban J connectivity index is 1.39. The van der Waals surface area contributed by atoms with Crippen LogP contribution < -0.4 is 9.47 Å². The molecule has 1 atom stereocenters. The van der Waals surface area contributed by atoms with Crippen molar-refractivity contribution in [1.82, 2.24) is 0 Å². The zero-order valence-electron chi connectivity index (χ0n) is 22.8. The molecule has 1 N–H and O–H groups in total. The highest BCUT2D eigenvalue weighted by Gasteiger charge is 2.28. The van der Waals surface area contributed by atoms with E-state index >= 15 is 4.39 Å². The number of rotatable bonds is 11. The second-order valence-corrected chi connectivity index (χ2v) is 11.3. The van der Waals surface area contributed by atoms with E-state index in [4.69, 9.17) is 9.47 Å². The summed E-state index contributed by atoms with van der Waals surface area (Å²) in [5, 5.41) is 9.44. The van der Waals surface area contributed by atoms with Crippen LogP contribution in [-0.4, -0.2) is 18.2 Å². The number of benzene rings is 3. The fourth-order valence-corrected chi connectivity index (χ4v) is 6.04. The van der Waals surface area contributed by atoms with Gasteiger partial charge in [-0.3, -0.25) is 4.79 Å². The van der Waals surface area contributed by atoms with E-state index in [-0.39, 0.29) is 18.2 Å². The SMILES string of the molecule is COc1ccc(F)c(-c2ccc(COc3cccc([C@@H](CC(=O)O)CC4CC4)c3)cc2C2CCCCCC2)c1. The van der Waals surface area contributed by atoms with Crippen molar-refractivity contribution in [3.8, 4) is 22.6 Å². The summed E-state index contributed by atoms with van der Waals surface area (Å²) < 4.78 is 26.7. The van der Waals surface area contributed by atoms with Gasteiger partial charge in [0.05, 0.1) is 13.5 Å². The van der Waals surface area contributed by atoms with Crippen molar-refractivity contribution in [2.24, 2.45) is 5.92 Å². The number of carboxylic acids is 1. The lowest BCUT2D eigenvalue weighted by atomic mass is 9.85. The number of hydrogen-bond acceptors (Lipinski definition) is 3. The minimum absolute atomic E-state index is 0.0115. The van der Waals surface area contributed by atoms with Crippen LogP contribution in [-0.2, 0) is 11.4 Å². The molecule has 2 fully saturated rings. The van der Waals surface area contributed by atoms with Crippen LogP contribution in [0, 0.1) is 11.7 Å². The molecule has 0 aliphatic heterocycles. The fraction of sp³-hybridized carbons (Fsp3) is 0.441. The van der Waals surface area contributed by atoms with E-state index in [1.54, 1.807) is 19.2 Å². The Morgan fingerprint density at radius 3 is 2.44 bits per heavy atom. The molecule has 2 aliphatic rings. The number of aliphatic carboxylic acids is 1. The fourth-order valence-electron chi connectivity index (χ4n) is 6.04. The van der Waals surface area contributed by atoms with E-state index in [2.05, 4.69) is 6.07 Å². The molecule has 4 nitrogen and oxygen atoms in total. The summed E-state index contributed by atoms with van der Waals surface area (Å²) in [6, 6.07) is 19.1. The van der Waals surface area contributed by atoms with Crippen LogP contribution in [0.15, 0.2) is 60.7 Å². The van der Waals surface area contributed by atoms with E-state index in [1.165, 1.54) is 50.2 Å². The summed E-state index contributed by atoms with van der Waals surface area (Å²) >= 11 is 0. The van der Waals surface area contributed by atoms with Crippen molar-refractivity contribution in [3.05, 3.63) is 83.2 Å². The molecular formula is C34H39FO4. The normalized spacial score (nSPS) is 16.9. The molecule has 5 rings (SSSR count). The Hall–Kier alpha value is -3.34. The Morgan fingerprint density at radius 1 is 0.923 bits per heavy atom. The first-order valence-corrected chi connectivity index (χ1v) is 14.4. The minimum atomic E-state index is -0.759. The third kappa shape index (κ3) is 7.20. The second kappa shape index (κ2) is 12.7. The first-order valence-electron chi connectivity index (χ1n) is 14.4. The zero-order chi connectivity index (χ0) is 27.2. The summed E-state index contributed by atoms with van der Waals surface area (Å²) in [5.41, 5.74) is 4.77. The highest BCUT2D eigenvalue weighted by atomic mass is 19.1. The van der Waals surface area contributed by atoms with E-state index in [1.807, 2.05) is 36.4 Å². The maximum absolute atomic E-state index is 15.0. The summed E-state index contributed by atoms with van der Waals surface area (Å²) in [6.45, 7) is 0.399. The van der Waals surface area contributed by atoms with Crippen molar-refractivity contribution in [2.45, 2.75) is 82.7 Å². The van der Waals surface area contributed by atoms with E-state index < -0.39 is 5.97 Å². The van der Waals surface area contributed by atoms with Crippen LogP contribution in [0.1, 0.15) is 92.7 Å². The third-order valence-electron chi connectivity index (χ3n) is 8.35. The molecule has 0 unspecified atom stereocenters. The topological polar surface area (TPSA) is 55.8 Å². The number of carbonyl (C=O) groups is 1. The zero-order valence-corrected chi connectivity index (χ0v) is 22.8. The van der Waals surface area contributed by atoms with Gasteiger partial charge in [-0.1, -0.05) is 68.9 Å². The largest absolute Gasteiger partial charge is 0.497 e. The summed E-state index contributed by atoms with van der Waals surface area (Å²) in [6.07, 6.45) is 10.6. The van der Waals surface area contributed by atoms with Gasteiger partial charge in [0.15, 0.2) is 0 Å². The van der Waals surface area contributed by atoms with Gasteiger partial charge in [0.1, 0.15) is 23.9 Å². The number of carboxylic acid groups (broad SMARTS) is 1. The van der Waals surface area contributed by atoms with Crippen LogP contribution in [0.2, 0.25) is 0 Å². The lowest BCUT2D eigenvalue weighted by Crippen LogP contribution is -2.08. The molecule has 0 spiro atoms. The van der Waals surface area contributed by atoms with Gasteiger partial charge in [0, 0.05) is 5.56 Å². The van der Waals surface area contributed by atoms with Gasteiger partial charge in [-0.25, -0.2) is 4.39 Å². The minimum Gasteiger partial charge on any atom is -0.497 e. The first kappa shape index (κ1) is 27.2. The molecule has 0 heterocycles. The molecular weight excluding hydrogens is 491 g/mol. The van der Waals surface area contributed by atoms with Crippen LogP contribution >= 0.6 is 0 Å². The van der Waals surface area contributed by atoms with Crippen molar-refractivity contribution in [2.75, 3.05) is 7.11 Å². The third-order valence-corrected chi connectivity index (χ3v) is 8.35. The summed E-state index contributed by atoms with van der Waals surface area (Å²) in [5.74, 6) is 1.44. The molecule has 0 saturated heterocycles. The van der Waals surface area contributed by atoms with Gasteiger partial charge in [0.2, 0.25) is 0 Å². The molecule has 3 aromatic carbocycles. The van der Waals surface area contributed by atoms with Gasteiger partial charge in [-0.2, -0.15) is 0 Å². The highest BCUT2D eigenvalue weighted by Crippen LogP contribution is 2.41. The van der Waals surface area contributed by atoms with Crippen LogP contribution in [0.4, 0.5) is 4.39 Å². The summed E-state index contributed by atoms with van der Waals surface area (Å²) in [4.78, 5) is 11.5. The van der Waals surface area contributed by atoms with Crippen LogP contribution in [0.25, 0.3) is 11.1 Å². The van der Waals surface area contributed by atoms with Crippen molar-refractivity contribution in [1.29, 1.82) is 0 Å². The molecule has 0 aromatic heterocycles. The molecule has 0 radical (unpaired) electrons.